The van der Waals surface area contributed by atoms with Crippen LogP contribution in [0.15, 0.2) is 6.20 Å². The average Bonchev–Trinajstić information content (AvgIpc) is 2.78. The highest BCUT2D eigenvalue weighted by Crippen LogP contribution is 2.17. The molecular formula is C8H13N3O5. The number of aliphatic hydroxyl groups excluding tert-OH is 3. The predicted octanol–water partition coefficient (Wildman–Crippen LogP) is -2.24. The van der Waals surface area contributed by atoms with Crippen LogP contribution in [0.5, 0.6) is 0 Å². The molecule has 1 saturated heterocycles. The fourth-order valence-electron chi connectivity index (χ4n) is 1.39. The van der Waals surface area contributed by atoms with Gasteiger partial charge in [-0.2, -0.15) is 15.4 Å². The van der Waals surface area contributed by atoms with Crippen LogP contribution < -0.4 is 0 Å². The quantitative estimate of drug-likeness (QED) is 0.464. The van der Waals surface area contributed by atoms with Crippen molar-refractivity contribution < 1.29 is 24.8 Å². The lowest BCUT2D eigenvalue weighted by molar-refractivity contribution is -0.273. The SMILES string of the molecule is O[C@@H]1[C@@H](O)[C@H](OCc2cn[nH]n2)OC[C@H]1O. The Bertz CT molecular complexity index is 319. The monoisotopic (exact) mass is 231 g/mol. The second-order valence-electron chi connectivity index (χ2n) is 3.52. The molecule has 0 saturated carbocycles. The molecule has 1 aromatic heterocycles. The van der Waals surface area contributed by atoms with Gasteiger partial charge in [0.2, 0.25) is 0 Å². The molecule has 1 aromatic rings. The van der Waals surface area contributed by atoms with Gasteiger partial charge < -0.3 is 24.8 Å². The van der Waals surface area contributed by atoms with E-state index in [-0.39, 0.29) is 13.2 Å². The number of aliphatic hydroxyl groups is 3. The molecule has 0 radical (unpaired) electrons. The van der Waals surface area contributed by atoms with E-state index in [9.17, 15) is 15.3 Å². The summed E-state index contributed by atoms with van der Waals surface area (Å²) in [7, 11) is 0. The third kappa shape index (κ3) is 2.36. The number of nitrogens with one attached hydrogen (secondary N) is 1. The molecule has 0 spiro atoms. The molecule has 8 heteroatoms. The molecule has 0 aliphatic carbocycles. The third-order valence-corrected chi connectivity index (χ3v) is 2.31. The van der Waals surface area contributed by atoms with Gasteiger partial charge in [0, 0.05) is 0 Å². The zero-order valence-corrected chi connectivity index (χ0v) is 8.35. The average molecular weight is 231 g/mol. The largest absolute Gasteiger partial charge is 0.388 e. The minimum atomic E-state index is -1.28. The zero-order valence-electron chi connectivity index (χ0n) is 8.35. The van der Waals surface area contributed by atoms with Crippen LogP contribution in [0.2, 0.25) is 0 Å². The van der Waals surface area contributed by atoms with E-state index in [4.69, 9.17) is 9.47 Å². The molecular weight excluding hydrogens is 218 g/mol. The van der Waals surface area contributed by atoms with E-state index in [0.29, 0.717) is 5.69 Å². The number of rotatable bonds is 3. The lowest BCUT2D eigenvalue weighted by Gasteiger charge is -2.34. The van der Waals surface area contributed by atoms with Crippen LogP contribution in [0.1, 0.15) is 5.69 Å². The summed E-state index contributed by atoms with van der Waals surface area (Å²) < 4.78 is 10.2. The van der Waals surface area contributed by atoms with Crippen molar-refractivity contribution >= 4 is 0 Å². The predicted molar refractivity (Wildman–Crippen MR) is 48.9 cm³/mol. The Balaban J connectivity index is 1.86. The Hall–Kier alpha value is -1.06. The molecule has 0 amide bonds. The second kappa shape index (κ2) is 4.85. The molecule has 90 valence electrons. The van der Waals surface area contributed by atoms with Crippen molar-refractivity contribution in [1.29, 1.82) is 0 Å². The van der Waals surface area contributed by atoms with Crippen LogP contribution in [-0.4, -0.2) is 61.9 Å². The number of hydrogen-bond acceptors (Lipinski definition) is 7. The van der Waals surface area contributed by atoms with Crippen LogP contribution in [0.4, 0.5) is 0 Å². The van der Waals surface area contributed by atoms with Crippen molar-refractivity contribution in [2.24, 2.45) is 0 Å². The first kappa shape index (κ1) is 11.4. The summed E-state index contributed by atoms with van der Waals surface area (Å²) >= 11 is 0. The fraction of sp³-hybridized carbons (Fsp3) is 0.750. The van der Waals surface area contributed by atoms with Crippen molar-refractivity contribution in [2.75, 3.05) is 6.61 Å². The number of hydrogen-bond donors (Lipinski definition) is 4. The van der Waals surface area contributed by atoms with Gasteiger partial charge in [0.15, 0.2) is 6.29 Å². The van der Waals surface area contributed by atoms with Crippen molar-refractivity contribution in [3.63, 3.8) is 0 Å². The molecule has 8 nitrogen and oxygen atoms in total. The van der Waals surface area contributed by atoms with Crippen LogP contribution >= 0.6 is 0 Å². The molecule has 1 aliphatic rings. The Morgan fingerprint density at radius 2 is 2.25 bits per heavy atom. The van der Waals surface area contributed by atoms with E-state index in [1.54, 1.807) is 0 Å². The molecule has 1 fully saturated rings. The van der Waals surface area contributed by atoms with E-state index >= 15 is 0 Å². The number of aromatic amines is 1. The number of aromatic nitrogens is 3. The Morgan fingerprint density at radius 1 is 1.44 bits per heavy atom. The third-order valence-electron chi connectivity index (χ3n) is 2.31. The summed E-state index contributed by atoms with van der Waals surface area (Å²) in [6.07, 6.45) is -3.15. The van der Waals surface area contributed by atoms with Crippen LogP contribution in [-0.2, 0) is 16.1 Å². The summed E-state index contributed by atoms with van der Waals surface area (Å²) in [6.45, 7) is 0.0166. The van der Waals surface area contributed by atoms with E-state index in [1.807, 2.05) is 0 Å². The minimum absolute atomic E-state index is 0.0816. The van der Waals surface area contributed by atoms with Crippen LogP contribution in [0, 0.1) is 0 Å². The lowest BCUT2D eigenvalue weighted by Crippen LogP contribution is -2.53. The molecule has 2 heterocycles. The molecule has 4 N–H and O–H groups in total. The van der Waals surface area contributed by atoms with Gasteiger partial charge in [0.05, 0.1) is 19.4 Å². The maximum absolute atomic E-state index is 9.53. The summed E-state index contributed by atoms with van der Waals surface area (Å²) in [5, 5.41) is 37.9. The van der Waals surface area contributed by atoms with Crippen molar-refractivity contribution in [2.45, 2.75) is 31.2 Å². The Labute approximate surface area is 90.8 Å². The summed E-state index contributed by atoms with van der Waals surface area (Å²) in [5.41, 5.74) is 0.552. The molecule has 16 heavy (non-hydrogen) atoms. The molecule has 0 aromatic carbocycles. The van der Waals surface area contributed by atoms with Gasteiger partial charge in [-0.1, -0.05) is 0 Å². The normalized spacial score (nSPS) is 35.2. The maximum Gasteiger partial charge on any atom is 0.186 e. The van der Waals surface area contributed by atoms with Gasteiger partial charge in [-0.15, -0.1) is 0 Å². The van der Waals surface area contributed by atoms with Crippen LogP contribution in [0.25, 0.3) is 0 Å². The summed E-state index contributed by atoms with van der Waals surface area (Å²) in [5.74, 6) is 0. The maximum atomic E-state index is 9.53. The molecule has 0 unspecified atom stereocenters. The minimum Gasteiger partial charge on any atom is -0.388 e. The van der Waals surface area contributed by atoms with Gasteiger partial charge >= 0.3 is 0 Å². The highest BCUT2D eigenvalue weighted by molar-refractivity contribution is 4.88. The lowest BCUT2D eigenvalue weighted by atomic mass is 10.1. The molecule has 1 aliphatic heterocycles. The fourth-order valence-corrected chi connectivity index (χ4v) is 1.39. The van der Waals surface area contributed by atoms with Gasteiger partial charge in [-0.3, -0.25) is 0 Å². The first-order chi connectivity index (χ1) is 7.68. The first-order valence-electron chi connectivity index (χ1n) is 4.80. The Morgan fingerprint density at radius 3 is 2.94 bits per heavy atom. The standard InChI is InChI=1S/C8H13N3O5/c12-5-3-16-8(7(14)6(5)13)15-2-4-1-9-11-10-4/h1,5-8,12-14H,2-3H2,(H,9,10,11)/t5-,6+,7-,8-/m1/s1. The zero-order chi connectivity index (χ0) is 11.5. The highest BCUT2D eigenvalue weighted by atomic mass is 16.7. The van der Waals surface area contributed by atoms with Gasteiger partial charge in [-0.25, -0.2) is 0 Å². The van der Waals surface area contributed by atoms with Crippen molar-refractivity contribution in [3.05, 3.63) is 11.9 Å². The van der Waals surface area contributed by atoms with Gasteiger partial charge in [0.25, 0.3) is 0 Å². The molecule has 4 atom stereocenters. The topological polar surface area (TPSA) is 121 Å². The highest BCUT2D eigenvalue weighted by Gasteiger charge is 2.38. The van der Waals surface area contributed by atoms with E-state index in [2.05, 4.69) is 15.4 Å². The van der Waals surface area contributed by atoms with Gasteiger partial charge in [-0.05, 0) is 0 Å². The van der Waals surface area contributed by atoms with Crippen molar-refractivity contribution in [3.8, 4) is 0 Å². The number of ether oxygens (including phenoxy) is 2. The summed E-state index contributed by atoms with van der Waals surface area (Å²) in [6, 6.07) is 0. The number of H-pyrrole nitrogens is 1. The van der Waals surface area contributed by atoms with E-state index in [1.165, 1.54) is 6.20 Å². The summed E-state index contributed by atoms with van der Waals surface area (Å²) in [4.78, 5) is 0. The number of nitrogens with zero attached hydrogens (tertiary/aromatic N) is 2. The van der Waals surface area contributed by atoms with E-state index in [0.717, 1.165) is 0 Å². The molecule has 2 rings (SSSR count). The second-order valence-corrected chi connectivity index (χ2v) is 3.52. The Kier molecular flexibility index (Phi) is 3.46. The van der Waals surface area contributed by atoms with Crippen molar-refractivity contribution in [1.82, 2.24) is 15.4 Å². The van der Waals surface area contributed by atoms with Crippen LogP contribution in [0.3, 0.4) is 0 Å². The van der Waals surface area contributed by atoms with E-state index < -0.39 is 24.6 Å². The molecule has 0 bridgehead atoms. The smallest absolute Gasteiger partial charge is 0.186 e. The first-order valence-corrected chi connectivity index (χ1v) is 4.80. The van der Waals surface area contributed by atoms with Gasteiger partial charge in [0.1, 0.15) is 24.0 Å².